The number of carbonyl (C=O) groups excluding carboxylic acids is 7. The molecule has 60 heavy (non-hydrogen) atoms. The second kappa shape index (κ2) is 19.3. The summed E-state index contributed by atoms with van der Waals surface area (Å²) in [5, 5.41) is 17.6. The van der Waals surface area contributed by atoms with Gasteiger partial charge in [0, 0.05) is 41.7 Å². The van der Waals surface area contributed by atoms with Crippen LogP contribution in [0.5, 0.6) is 0 Å². The number of aliphatic imine (C=N–C) groups is 1. The van der Waals surface area contributed by atoms with Crippen molar-refractivity contribution < 1.29 is 47.8 Å². The number of amides is 6. The molecule has 1 aliphatic carbocycles. The van der Waals surface area contributed by atoms with Crippen LogP contribution in [0.15, 0.2) is 27.5 Å². The van der Waals surface area contributed by atoms with Crippen LogP contribution < -0.4 is 26.6 Å². The number of thiazole rings is 2. The van der Waals surface area contributed by atoms with Crippen LogP contribution in [0.25, 0.3) is 10.7 Å². The second-order valence-corrected chi connectivity index (χ2v) is 19.0. The first-order chi connectivity index (χ1) is 27.8. The SMILES string of the molecule is C[C@H]1CC/C(=C/C(=O)NC2(C(=O)CC(=O)NCc3nc(-c4nc(C(=O)NCCN/C(=N/C(=O)OC(C)(C)C)NC(=O)OC(C)(C)C)cs4)cs3)CC2)N1C(=O)OC(C)(C)C. The van der Waals surface area contributed by atoms with Crippen molar-refractivity contribution in [2.75, 3.05) is 13.1 Å². The minimum Gasteiger partial charge on any atom is -0.444 e. The Hall–Kier alpha value is -5.44. The molecule has 2 fully saturated rings. The van der Waals surface area contributed by atoms with Gasteiger partial charge in [-0.15, -0.1) is 27.7 Å². The van der Waals surface area contributed by atoms with E-state index < -0.39 is 70.5 Å². The van der Waals surface area contributed by atoms with Crippen LogP contribution in [0.4, 0.5) is 14.4 Å². The maximum Gasteiger partial charge on any atom is 0.437 e. The van der Waals surface area contributed by atoms with E-state index in [1.807, 2.05) is 6.92 Å². The Labute approximate surface area is 356 Å². The quantitative estimate of drug-likeness (QED) is 0.0475. The van der Waals surface area contributed by atoms with E-state index in [1.54, 1.807) is 73.1 Å². The van der Waals surface area contributed by atoms with Gasteiger partial charge in [0.1, 0.15) is 38.2 Å². The zero-order valence-electron chi connectivity index (χ0n) is 35.7. The van der Waals surface area contributed by atoms with Crippen LogP contribution in [0.1, 0.15) is 117 Å². The molecule has 2 aliphatic rings. The number of nitrogens with zero attached hydrogens (tertiary/aromatic N) is 4. The lowest BCUT2D eigenvalue weighted by atomic mass is 10.1. The van der Waals surface area contributed by atoms with E-state index in [9.17, 15) is 33.6 Å². The molecule has 3 heterocycles. The minimum atomic E-state index is -1.13. The van der Waals surface area contributed by atoms with Crippen molar-refractivity contribution in [2.24, 2.45) is 4.99 Å². The molecule has 0 bridgehead atoms. The van der Waals surface area contributed by atoms with E-state index >= 15 is 0 Å². The summed E-state index contributed by atoms with van der Waals surface area (Å²) in [5.74, 6) is -2.15. The molecule has 5 N–H and O–H groups in total. The molecule has 4 rings (SSSR count). The Morgan fingerprint density at radius 2 is 1.52 bits per heavy atom. The normalized spacial score (nSPS) is 17.0. The number of nitrogens with one attached hydrogen (secondary N) is 5. The Morgan fingerprint density at radius 1 is 0.867 bits per heavy atom. The van der Waals surface area contributed by atoms with Crippen LogP contribution in [-0.4, -0.2) is 104 Å². The maximum absolute atomic E-state index is 13.1. The number of hydrogen-bond donors (Lipinski definition) is 5. The first-order valence-electron chi connectivity index (χ1n) is 19.4. The number of likely N-dealkylation sites (tertiary alicyclic amines) is 1. The predicted octanol–water partition coefficient (Wildman–Crippen LogP) is 4.93. The number of ketones is 1. The fourth-order valence-electron chi connectivity index (χ4n) is 5.53. The number of ether oxygens (including phenoxy) is 3. The van der Waals surface area contributed by atoms with E-state index in [0.29, 0.717) is 47.1 Å². The molecule has 2 aromatic rings. The third-order valence-corrected chi connectivity index (χ3v) is 10.0. The van der Waals surface area contributed by atoms with Gasteiger partial charge in [0.25, 0.3) is 5.91 Å². The van der Waals surface area contributed by atoms with Crippen LogP contribution in [0, 0.1) is 0 Å². The number of aromatic nitrogens is 2. The van der Waals surface area contributed by atoms with Crippen LogP contribution in [-0.2, 0) is 35.1 Å². The van der Waals surface area contributed by atoms with Crippen LogP contribution in [0.2, 0.25) is 0 Å². The summed E-state index contributed by atoms with van der Waals surface area (Å²) in [6, 6.07) is -0.145. The van der Waals surface area contributed by atoms with Gasteiger partial charge in [-0.3, -0.25) is 29.4 Å². The lowest BCUT2D eigenvalue weighted by Gasteiger charge is -2.28. The molecule has 0 aromatic carbocycles. The molecule has 1 aliphatic heterocycles. The zero-order valence-corrected chi connectivity index (χ0v) is 37.3. The maximum atomic E-state index is 13.1. The number of carbonyl (C=O) groups is 7. The van der Waals surface area contributed by atoms with Crippen molar-refractivity contribution in [3.05, 3.63) is 33.2 Å². The summed E-state index contributed by atoms with van der Waals surface area (Å²) in [4.78, 5) is 103. The van der Waals surface area contributed by atoms with Crippen LogP contribution >= 0.6 is 22.7 Å². The fourth-order valence-corrected chi connectivity index (χ4v) is 7.09. The van der Waals surface area contributed by atoms with Crippen LogP contribution in [0.3, 0.4) is 0 Å². The molecule has 1 saturated carbocycles. The number of Topliss-reactive ketones (excluding diaryl/α,β-unsaturated/α-hetero) is 1. The largest absolute Gasteiger partial charge is 0.444 e. The molecule has 328 valence electrons. The molecule has 1 atom stereocenters. The molecule has 2 aromatic heterocycles. The summed E-state index contributed by atoms with van der Waals surface area (Å²) in [6.07, 6.45) is 0.553. The molecule has 0 unspecified atom stereocenters. The van der Waals surface area contributed by atoms with Gasteiger partial charge in [0.15, 0.2) is 5.78 Å². The highest BCUT2D eigenvalue weighted by atomic mass is 32.1. The Balaban J connectivity index is 1.23. The van der Waals surface area contributed by atoms with Gasteiger partial charge in [0.05, 0.1) is 18.5 Å². The second-order valence-electron chi connectivity index (χ2n) is 17.2. The first kappa shape index (κ1) is 47.2. The Morgan fingerprint density at radius 3 is 2.15 bits per heavy atom. The smallest absolute Gasteiger partial charge is 0.437 e. The number of hydrogen-bond acceptors (Lipinski definition) is 14. The number of guanidine groups is 1. The zero-order chi connectivity index (χ0) is 44.6. The summed E-state index contributed by atoms with van der Waals surface area (Å²) >= 11 is 2.47. The molecule has 21 heteroatoms. The number of allylic oxidation sites excluding steroid dienone is 1. The summed E-state index contributed by atoms with van der Waals surface area (Å²) in [5.41, 5.74) is -2.30. The van der Waals surface area contributed by atoms with Crippen molar-refractivity contribution in [2.45, 2.75) is 136 Å². The lowest BCUT2D eigenvalue weighted by Crippen LogP contribution is -2.46. The third-order valence-electron chi connectivity index (χ3n) is 8.29. The van der Waals surface area contributed by atoms with Gasteiger partial charge in [-0.2, -0.15) is 0 Å². The van der Waals surface area contributed by atoms with E-state index in [2.05, 4.69) is 41.5 Å². The van der Waals surface area contributed by atoms with E-state index in [0.717, 1.165) is 0 Å². The van der Waals surface area contributed by atoms with Gasteiger partial charge in [-0.25, -0.2) is 24.4 Å². The monoisotopic (exact) mass is 873 g/mol. The number of rotatable bonds is 12. The minimum absolute atomic E-state index is 0.0502. The van der Waals surface area contributed by atoms with Gasteiger partial charge in [0.2, 0.25) is 17.8 Å². The van der Waals surface area contributed by atoms with Gasteiger partial charge in [-0.05, 0) is 94.9 Å². The van der Waals surface area contributed by atoms with Crippen molar-refractivity contribution in [1.29, 1.82) is 0 Å². The molecule has 6 amide bonds. The topological polar surface area (TPSA) is 249 Å². The Kier molecular flexibility index (Phi) is 15.2. The standard InChI is InChI=1S/C39H55N9O10S2/c1-22-11-12-23(48(22)35(55)58-38(8,9)10)17-28(51)47-39(13-14-39)26(49)18-27(50)42-19-29-43-25(21-59-29)31-44-24(20-60-31)30(52)40-15-16-41-32(45-33(53)56-36(2,3)4)46-34(54)57-37(5,6)7/h17,20-22H,11-16,18-19H2,1-10H3,(H,40,52)(H,42,50)(H,47,51)(H2,41,45,46,53,54)/b23-17-/t22-/m0/s1. The van der Waals surface area contributed by atoms with Crippen molar-refractivity contribution in [3.63, 3.8) is 0 Å². The van der Waals surface area contributed by atoms with E-state index in [1.165, 1.54) is 33.6 Å². The van der Waals surface area contributed by atoms with Crippen molar-refractivity contribution in [1.82, 2.24) is 41.5 Å². The molecule has 1 saturated heterocycles. The average Bonchev–Trinajstić information content (AvgIpc) is 3.41. The van der Waals surface area contributed by atoms with Gasteiger partial charge >= 0.3 is 18.3 Å². The molecule has 0 radical (unpaired) electrons. The highest BCUT2D eigenvalue weighted by Crippen LogP contribution is 2.38. The van der Waals surface area contributed by atoms with Gasteiger partial charge in [-0.1, -0.05) is 0 Å². The van der Waals surface area contributed by atoms with Crippen molar-refractivity contribution in [3.8, 4) is 10.7 Å². The summed E-state index contributed by atoms with van der Waals surface area (Å²) in [7, 11) is 0. The van der Waals surface area contributed by atoms with E-state index in [4.69, 9.17) is 14.2 Å². The highest BCUT2D eigenvalue weighted by molar-refractivity contribution is 7.14. The predicted molar refractivity (Wildman–Crippen MR) is 223 cm³/mol. The summed E-state index contributed by atoms with van der Waals surface area (Å²) in [6.45, 7) is 17.4. The average molecular weight is 874 g/mol. The molecule has 0 spiro atoms. The first-order valence-corrected chi connectivity index (χ1v) is 21.2. The Bertz CT molecular complexity index is 2020. The van der Waals surface area contributed by atoms with E-state index in [-0.39, 0.29) is 37.3 Å². The molecular formula is C39H55N9O10S2. The molecular weight excluding hydrogens is 819 g/mol. The fraction of sp³-hybridized carbons (Fsp3) is 0.590. The highest BCUT2D eigenvalue weighted by Gasteiger charge is 2.51. The molecule has 19 nitrogen and oxygen atoms in total. The van der Waals surface area contributed by atoms with Crippen molar-refractivity contribution >= 4 is 70.4 Å². The third kappa shape index (κ3) is 15.0. The lowest BCUT2D eigenvalue weighted by molar-refractivity contribution is -0.132. The van der Waals surface area contributed by atoms with Gasteiger partial charge < -0.3 is 35.5 Å². The number of alkyl carbamates (subject to hydrolysis) is 1. The summed E-state index contributed by atoms with van der Waals surface area (Å²) < 4.78 is 15.9.